The summed E-state index contributed by atoms with van der Waals surface area (Å²) >= 11 is 0. The molecule has 0 spiro atoms. The van der Waals surface area contributed by atoms with Gasteiger partial charge in [0.2, 0.25) is 10.0 Å². The van der Waals surface area contributed by atoms with E-state index >= 15 is 0 Å². The molecule has 0 atom stereocenters. The molecule has 0 bridgehead atoms. The summed E-state index contributed by atoms with van der Waals surface area (Å²) in [4.78, 5) is 10.9. The molecule has 0 fully saturated rings. The van der Waals surface area contributed by atoms with E-state index in [1.54, 1.807) is 0 Å². The normalized spacial score (nSPS) is 12.1. The fraction of sp³-hybridized carbons (Fsp3) is 0.364. The SMILES string of the molecule is COC(=O)c1ccc(F)cc1S(=O)(=O)NCCS(C)(=O)=O. The predicted octanol–water partition coefficient (Wildman–Crippen LogP) is -0.0648. The number of benzene rings is 1. The third-order valence-corrected chi connectivity index (χ3v) is 4.85. The van der Waals surface area contributed by atoms with Gasteiger partial charge in [0, 0.05) is 12.8 Å². The van der Waals surface area contributed by atoms with Gasteiger partial charge in [0.25, 0.3) is 0 Å². The van der Waals surface area contributed by atoms with Crippen molar-refractivity contribution in [2.24, 2.45) is 0 Å². The highest BCUT2D eigenvalue weighted by Crippen LogP contribution is 2.18. The molecule has 118 valence electrons. The van der Waals surface area contributed by atoms with Crippen molar-refractivity contribution in [1.82, 2.24) is 4.72 Å². The number of hydrogen-bond donors (Lipinski definition) is 1. The minimum absolute atomic E-state index is 0.342. The van der Waals surface area contributed by atoms with Crippen molar-refractivity contribution in [2.75, 3.05) is 25.7 Å². The molecule has 0 aliphatic carbocycles. The van der Waals surface area contributed by atoms with Crippen LogP contribution in [0.25, 0.3) is 0 Å². The number of sulfonamides is 1. The second kappa shape index (κ2) is 6.50. The Labute approximate surface area is 122 Å². The molecule has 10 heteroatoms. The van der Waals surface area contributed by atoms with E-state index in [-0.39, 0.29) is 5.56 Å². The maximum absolute atomic E-state index is 13.2. The number of ether oxygens (including phenoxy) is 1. The number of halogens is 1. The van der Waals surface area contributed by atoms with Crippen molar-refractivity contribution < 1.29 is 30.8 Å². The van der Waals surface area contributed by atoms with Crippen molar-refractivity contribution in [2.45, 2.75) is 4.90 Å². The van der Waals surface area contributed by atoms with Crippen LogP contribution >= 0.6 is 0 Å². The first-order valence-corrected chi connectivity index (χ1v) is 9.16. The van der Waals surface area contributed by atoms with Gasteiger partial charge in [-0.05, 0) is 18.2 Å². The van der Waals surface area contributed by atoms with Crippen LogP contribution in [0, 0.1) is 5.82 Å². The number of nitrogens with one attached hydrogen (secondary N) is 1. The molecule has 1 rings (SSSR count). The Balaban J connectivity index is 3.12. The van der Waals surface area contributed by atoms with E-state index in [0.29, 0.717) is 6.07 Å². The Morgan fingerprint density at radius 3 is 2.43 bits per heavy atom. The van der Waals surface area contributed by atoms with Gasteiger partial charge in [-0.25, -0.2) is 30.7 Å². The van der Waals surface area contributed by atoms with Crippen LogP contribution < -0.4 is 4.72 Å². The Morgan fingerprint density at radius 1 is 1.29 bits per heavy atom. The zero-order valence-electron chi connectivity index (χ0n) is 11.3. The highest BCUT2D eigenvalue weighted by molar-refractivity contribution is 7.91. The Kier molecular flexibility index (Phi) is 5.42. The molecule has 0 amide bonds. The van der Waals surface area contributed by atoms with Gasteiger partial charge in [-0.1, -0.05) is 0 Å². The second-order valence-electron chi connectivity index (χ2n) is 4.16. The van der Waals surface area contributed by atoms with Gasteiger partial charge < -0.3 is 4.74 Å². The van der Waals surface area contributed by atoms with Crippen LogP contribution in [0.1, 0.15) is 10.4 Å². The van der Waals surface area contributed by atoms with Gasteiger partial charge in [0.15, 0.2) is 0 Å². The lowest BCUT2D eigenvalue weighted by Crippen LogP contribution is -2.30. The molecule has 1 aromatic rings. The minimum atomic E-state index is -4.25. The Bertz CT molecular complexity index is 742. The quantitative estimate of drug-likeness (QED) is 0.728. The maximum atomic E-state index is 13.2. The topological polar surface area (TPSA) is 107 Å². The lowest BCUT2D eigenvalue weighted by atomic mass is 10.2. The Hall–Kier alpha value is -1.52. The first-order chi connectivity index (χ1) is 9.57. The molecule has 1 N–H and O–H groups in total. The predicted molar refractivity (Wildman–Crippen MR) is 72.6 cm³/mol. The molecule has 0 aromatic heterocycles. The summed E-state index contributed by atoms with van der Waals surface area (Å²) in [5.41, 5.74) is -0.342. The lowest BCUT2D eigenvalue weighted by molar-refractivity contribution is 0.0596. The summed E-state index contributed by atoms with van der Waals surface area (Å²) < 4.78 is 65.6. The third kappa shape index (κ3) is 5.06. The molecule has 7 nitrogen and oxygen atoms in total. The van der Waals surface area contributed by atoms with Crippen molar-refractivity contribution in [1.29, 1.82) is 0 Å². The van der Waals surface area contributed by atoms with E-state index in [0.717, 1.165) is 25.5 Å². The molecule has 0 saturated heterocycles. The number of hydrogen-bond acceptors (Lipinski definition) is 6. The van der Waals surface area contributed by atoms with Crippen LogP contribution in [0.2, 0.25) is 0 Å². The second-order valence-corrected chi connectivity index (χ2v) is 8.15. The fourth-order valence-electron chi connectivity index (χ4n) is 1.44. The van der Waals surface area contributed by atoms with E-state index in [4.69, 9.17) is 0 Å². The monoisotopic (exact) mass is 339 g/mol. The zero-order valence-corrected chi connectivity index (χ0v) is 12.9. The molecule has 0 unspecified atom stereocenters. The summed E-state index contributed by atoms with van der Waals surface area (Å²) in [5, 5.41) is 0. The summed E-state index contributed by atoms with van der Waals surface area (Å²) in [7, 11) is -6.55. The molecule has 0 heterocycles. The van der Waals surface area contributed by atoms with Crippen molar-refractivity contribution in [3.63, 3.8) is 0 Å². The van der Waals surface area contributed by atoms with Gasteiger partial charge in [0.1, 0.15) is 15.7 Å². The van der Waals surface area contributed by atoms with Crippen LogP contribution in [0.5, 0.6) is 0 Å². The minimum Gasteiger partial charge on any atom is -0.465 e. The molecule has 1 aromatic carbocycles. The molecule has 0 aliphatic heterocycles. The highest BCUT2D eigenvalue weighted by Gasteiger charge is 2.24. The van der Waals surface area contributed by atoms with Crippen molar-refractivity contribution >= 4 is 25.8 Å². The average Bonchev–Trinajstić information content (AvgIpc) is 2.36. The van der Waals surface area contributed by atoms with Crippen LogP contribution in [0.15, 0.2) is 23.1 Å². The lowest BCUT2D eigenvalue weighted by Gasteiger charge is -2.10. The van der Waals surface area contributed by atoms with Crippen molar-refractivity contribution in [3.05, 3.63) is 29.6 Å². The fourth-order valence-corrected chi connectivity index (χ4v) is 3.27. The number of carbonyl (C=O) groups excluding carboxylic acids is 1. The van der Waals surface area contributed by atoms with Gasteiger partial charge in [-0.15, -0.1) is 0 Å². The summed E-state index contributed by atoms with van der Waals surface area (Å²) in [5.74, 6) is -2.22. The van der Waals surface area contributed by atoms with Crippen LogP contribution in [-0.2, 0) is 24.6 Å². The van der Waals surface area contributed by atoms with Crippen LogP contribution in [0.3, 0.4) is 0 Å². The molecule has 0 radical (unpaired) electrons. The number of rotatable bonds is 6. The zero-order chi connectivity index (χ0) is 16.3. The number of methoxy groups -OCH3 is 1. The standard InChI is InChI=1S/C11H14FNO6S2/c1-19-11(14)9-4-3-8(12)7-10(9)21(17,18)13-5-6-20(2,15)16/h3-4,7,13H,5-6H2,1-2H3. The molecular formula is C11H14FNO6S2. The average molecular weight is 339 g/mol. The van der Waals surface area contributed by atoms with E-state index in [1.807, 2.05) is 4.72 Å². The summed E-state index contributed by atoms with van der Waals surface area (Å²) in [6.07, 6.45) is 0.948. The van der Waals surface area contributed by atoms with E-state index in [2.05, 4.69) is 4.74 Å². The van der Waals surface area contributed by atoms with Gasteiger partial charge in [0.05, 0.1) is 23.3 Å². The van der Waals surface area contributed by atoms with Gasteiger partial charge in [-0.3, -0.25) is 0 Å². The first-order valence-electron chi connectivity index (χ1n) is 5.62. The number of carbonyl (C=O) groups is 1. The van der Waals surface area contributed by atoms with Gasteiger partial charge >= 0.3 is 5.97 Å². The maximum Gasteiger partial charge on any atom is 0.339 e. The van der Waals surface area contributed by atoms with Crippen LogP contribution in [-0.4, -0.2) is 48.5 Å². The highest BCUT2D eigenvalue weighted by atomic mass is 32.2. The number of sulfone groups is 1. The smallest absolute Gasteiger partial charge is 0.339 e. The van der Waals surface area contributed by atoms with E-state index in [1.165, 1.54) is 0 Å². The largest absolute Gasteiger partial charge is 0.465 e. The molecular weight excluding hydrogens is 325 g/mol. The van der Waals surface area contributed by atoms with Crippen molar-refractivity contribution in [3.8, 4) is 0 Å². The molecule has 21 heavy (non-hydrogen) atoms. The van der Waals surface area contributed by atoms with Gasteiger partial charge in [-0.2, -0.15) is 0 Å². The van der Waals surface area contributed by atoms with E-state index in [9.17, 15) is 26.0 Å². The van der Waals surface area contributed by atoms with Crippen LogP contribution in [0.4, 0.5) is 4.39 Å². The first kappa shape index (κ1) is 17.5. The summed E-state index contributed by atoms with van der Waals surface area (Å²) in [6.45, 7) is -0.391. The molecule has 0 saturated carbocycles. The number of esters is 1. The molecule has 0 aliphatic rings. The van der Waals surface area contributed by atoms with E-state index < -0.39 is 48.8 Å². The third-order valence-electron chi connectivity index (χ3n) is 2.40. The Morgan fingerprint density at radius 2 is 1.90 bits per heavy atom. The summed E-state index contributed by atoms with van der Waals surface area (Å²) in [6, 6.07) is 2.56.